The van der Waals surface area contributed by atoms with Gasteiger partial charge < -0.3 is 9.64 Å². The van der Waals surface area contributed by atoms with Gasteiger partial charge in [0.05, 0.1) is 11.1 Å². The van der Waals surface area contributed by atoms with Gasteiger partial charge in [-0.2, -0.15) is 0 Å². The lowest BCUT2D eigenvalue weighted by atomic mass is 10.0. The molecule has 5 heteroatoms. The number of aryl methyl sites for hydroxylation is 2. The molecular formula is C21H27N3O2. The number of carbonyl (C=O) groups excluding carboxylic acids is 1. The van der Waals surface area contributed by atoms with Crippen molar-refractivity contribution < 1.29 is 9.53 Å². The van der Waals surface area contributed by atoms with Crippen LogP contribution in [-0.2, 0) is 4.74 Å². The zero-order chi connectivity index (χ0) is 18.1. The van der Waals surface area contributed by atoms with Crippen LogP contribution >= 0.6 is 0 Å². The molecule has 3 heterocycles. The number of piperazine rings is 1. The molecule has 2 fully saturated rings. The average Bonchev–Trinajstić information content (AvgIpc) is 2.68. The van der Waals surface area contributed by atoms with Crippen molar-refractivity contribution in [3.8, 4) is 0 Å². The predicted molar refractivity (Wildman–Crippen MR) is 103 cm³/mol. The molecule has 2 aliphatic heterocycles. The van der Waals surface area contributed by atoms with Crippen molar-refractivity contribution in [3.63, 3.8) is 0 Å². The Labute approximate surface area is 154 Å². The zero-order valence-corrected chi connectivity index (χ0v) is 15.7. The molecular weight excluding hydrogens is 326 g/mol. The van der Waals surface area contributed by atoms with E-state index in [1.807, 2.05) is 24.0 Å². The predicted octanol–water partition coefficient (Wildman–Crippen LogP) is 2.79. The van der Waals surface area contributed by atoms with Crippen molar-refractivity contribution in [2.75, 3.05) is 39.4 Å². The van der Waals surface area contributed by atoms with E-state index in [-0.39, 0.29) is 5.91 Å². The largest absolute Gasteiger partial charge is 0.381 e. The highest BCUT2D eigenvalue weighted by atomic mass is 16.5. The third-order valence-corrected chi connectivity index (χ3v) is 5.63. The van der Waals surface area contributed by atoms with Crippen LogP contribution in [0.5, 0.6) is 0 Å². The molecule has 26 heavy (non-hydrogen) atoms. The summed E-state index contributed by atoms with van der Waals surface area (Å²) < 4.78 is 5.47. The molecule has 2 aliphatic rings. The molecule has 0 radical (unpaired) electrons. The molecule has 0 bridgehead atoms. The molecule has 0 aliphatic carbocycles. The Hall–Kier alpha value is -1.98. The lowest BCUT2D eigenvalue weighted by Crippen LogP contribution is -2.53. The van der Waals surface area contributed by atoms with E-state index in [1.54, 1.807) is 0 Å². The third kappa shape index (κ3) is 3.46. The van der Waals surface area contributed by atoms with Gasteiger partial charge in [0.25, 0.3) is 5.91 Å². The van der Waals surface area contributed by atoms with Crippen molar-refractivity contribution in [2.24, 2.45) is 0 Å². The Kier molecular flexibility index (Phi) is 4.92. The summed E-state index contributed by atoms with van der Waals surface area (Å²) in [4.78, 5) is 22.3. The number of amides is 1. The second-order valence-corrected chi connectivity index (χ2v) is 7.50. The fourth-order valence-corrected chi connectivity index (χ4v) is 4.16. The quantitative estimate of drug-likeness (QED) is 0.833. The fraction of sp³-hybridized carbons (Fsp3) is 0.524. The molecule has 0 unspecified atom stereocenters. The molecule has 2 saturated heterocycles. The number of pyridine rings is 1. The Balaban J connectivity index is 1.52. The van der Waals surface area contributed by atoms with E-state index in [4.69, 9.17) is 4.74 Å². The molecule has 0 atom stereocenters. The number of hydrogen-bond acceptors (Lipinski definition) is 4. The first kappa shape index (κ1) is 17.4. The number of ether oxygens (including phenoxy) is 1. The molecule has 4 rings (SSSR count). The topological polar surface area (TPSA) is 45.7 Å². The highest BCUT2D eigenvalue weighted by Crippen LogP contribution is 2.23. The summed E-state index contributed by atoms with van der Waals surface area (Å²) in [7, 11) is 0. The van der Waals surface area contributed by atoms with Crippen molar-refractivity contribution >= 4 is 16.8 Å². The first-order valence-electron chi connectivity index (χ1n) is 9.61. The van der Waals surface area contributed by atoms with Gasteiger partial charge in [-0.05, 0) is 44.9 Å². The molecule has 1 aromatic carbocycles. The fourth-order valence-electron chi connectivity index (χ4n) is 4.16. The summed E-state index contributed by atoms with van der Waals surface area (Å²) in [6.07, 6.45) is 2.23. The van der Waals surface area contributed by atoms with Crippen LogP contribution in [0, 0.1) is 13.8 Å². The molecule has 1 amide bonds. The smallest absolute Gasteiger partial charge is 0.254 e. The average molecular weight is 353 g/mol. The molecule has 0 N–H and O–H groups in total. The van der Waals surface area contributed by atoms with Gasteiger partial charge in [-0.3, -0.25) is 14.7 Å². The van der Waals surface area contributed by atoms with Crippen molar-refractivity contribution in [1.82, 2.24) is 14.8 Å². The van der Waals surface area contributed by atoms with Crippen LogP contribution in [0.3, 0.4) is 0 Å². The van der Waals surface area contributed by atoms with E-state index in [1.165, 1.54) is 0 Å². The number of nitrogens with zero attached hydrogens (tertiary/aromatic N) is 3. The maximum atomic E-state index is 13.2. The number of rotatable bonds is 2. The lowest BCUT2D eigenvalue weighted by molar-refractivity contribution is 0.0138. The van der Waals surface area contributed by atoms with Gasteiger partial charge in [0.2, 0.25) is 0 Å². The monoisotopic (exact) mass is 353 g/mol. The summed E-state index contributed by atoms with van der Waals surface area (Å²) in [5.41, 5.74) is 3.74. The van der Waals surface area contributed by atoms with E-state index in [0.717, 1.165) is 80.0 Å². The minimum atomic E-state index is 0.137. The summed E-state index contributed by atoms with van der Waals surface area (Å²) in [6.45, 7) is 9.25. The van der Waals surface area contributed by atoms with Gasteiger partial charge in [-0.15, -0.1) is 0 Å². The number of hydrogen-bond donors (Lipinski definition) is 0. The third-order valence-electron chi connectivity index (χ3n) is 5.63. The van der Waals surface area contributed by atoms with E-state index < -0.39 is 0 Å². The minimum Gasteiger partial charge on any atom is -0.381 e. The summed E-state index contributed by atoms with van der Waals surface area (Å²) >= 11 is 0. The van der Waals surface area contributed by atoms with Gasteiger partial charge in [-0.1, -0.05) is 11.6 Å². The maximum absolute atomic E-state index is 13.2. The van der Waals surface area contributed by atoms with Gasteiger partial charge in [0.15, 0.2) is 0 Å². The first-order valence-corrected chi connectivity index (χ1v) is 9.61. The Morgan fingerprint density at radius 1 is 1.08 bits per heavy atom. The minimum absolute atomic E-state index is 0.137. The van der Waals surface area contributed by atoms with Crippen LogP contribution in [-0.4, -0.2) is 66.1 Å². The van der Waals surface area contributed by atoms with Crippen LogP contribution in [0.15, 0.2) is 24.3 Å². The summed E-state index contributed by atoms with van der Waals surface area (Å²) in [5, 5.41) is 0.965. The van der Waals surface area contributed by atoms with E-state index >= 15 is 0 Å². The summed E-state index contributed by atoms with van der Waals surface area (Å²) in [5.74, 6) is 0.137. The standard InChI is InChI=1S/C21H27N3O2/c1-15-3-4-20-18(13-15)19(14-16(2)22-20)21(25)24-9-7-23(8-10-24)17-5-11-26-12-6-17/h3-4,13-14,17H,5-12H2,1-2H3. The van der Waals surface area contributed by atoms with Crippen LogP contribution < -0.4 is 0 Å². The Morgan fingerprint density at radius 3 is 2.54 bits per heavy atom. The highest BCUT2D eigenvalue weighted by Gasteiger charge is 2.28. The van der Waals surface area contributed by atoms with Crippen molar-refractivity contribution in [1.29, 1.82) is 0 Å². The molecule has 5 nitrogen and oxygen atoms in total. The summed E-state index contributed by atoms with van der Waals surface area (Å²) in [6, 6.07) is 8.70. The van der Waals surface area contributed by atoms with Gasteiger partial charge in [0.1, 0.15) is 0 Å². The lowest BCUT2D eigenvalue weighted by Gasteiger charge is -2.40. The van der Waals surface area contributed by atoms with Crippen molar-refractivity contribution in [3.05, 3.63) is 41.1 Å². The van der Waals surface area contributed by atoms with E-state index in [9.17, 15) is 4.79 Å². The molecule has 2 aromatic rings. The second-order valence-electron chi connectivity index (χ2n) is 7.50. The second kappa shape index (κ2) is 7.33. The van der Waals surface area contributed by atoms with Crippen molar-refractivity contribution in [2.45, 2.75) is 32.7 Å². The molecule has 138 valence electrons. The van der Waals surface area contributed by atoms with Gasteiger partial charge >= 0.3 is 0 Å². The number of benzene rings is 1. The van der Waals surface area contributed by atoms with Gasteiger partial charge in [-0.25, -0.2) is 0 Å². The van der Waals surface area contributed by atoms with Crippen LogP contribution in [0.4, 0.5) is 0 Å². The number of fused-ring (bicyclic) bond motifs is 1. The zero-order valence-electron chi connectivity index (χ0n) is 15.7. The molecule has 0 saturated carbocycles. The Bertz CT molecular complexity index is 806. The SMILES string of the molecule is Cc1ccc2nc(C)cc(C(=O)N3CCN(C4CCOCC4)CC3)c2c1. The number of aromatic nitrogens is 1. The normalized spacial score (nSPS) is 19.8. The Morgan fingerprint density at radius 2 is 1.81 bits per heavy atom. The highest BCUT2D eigenvalue weighted by molar-refractivity contribution is 6.06. The van der Waals surface area contributed by atoms with Gasteiger partial charge in [0, 0.05) is 56.5 Å². The molecule has 1 aromatic heterocycles. The van der Waals surface area contributed by atoms with E-state index in [2.05, 4.69) is 28.9 Å². The molecule has 0 spiro atoms. The van der Waals surface area contributed by atoms with Crippen LogP contribution in [0.1, 0.15) is 34.5 Å². The maximum Gasteiger partial charge on any atom is 0.254 e. The first-order chi connectivity index (χ1) is 12.6. The van der Waals surface area contributed by atoms with Crippen LogP contribution in [0.25, 0.3) is 10.9 Å². The van der Waals surface area contributed by atoms with Crippen LogP contribution in [0.2, 0.25) is 0 Å². The van der Waals surface area contributed by atoms with E-state index in [0.29, 0.717) is 6.04 Å². The number of carbonyl (C=O) groups is 1.